The smallest absolute Gasteiger partial charge is 0.264 e. The van der Waals surface area contributed by atoms with Gasteiger partial charge in [0.1, 0.15) is 5.75 Å². The molecule has 1 unspecified atom stereocenters. The maximum Gasteiger partial charge on any atom is 0.264 e. The van der Waals surface area contributed by atoms with Gasteiger partial charge in [0.05, 0.1) is 51.7 Å². The fourth-order valence-corrected chi connectivity index (χ4v) is 13.0. The van der Waals surface area contributed by atoms with Crippen LogP contribution in [0.2, 0.25) is 23.7 Å². The summed E-state index contributed by atoms with van der Waals surface area (Å²) >= 11 is 8.99. The van der Waals surface area contributed by atoms with E-state index in [1.54, 1.807) is 7.11 Å². The molecule has 4 aromatic carbocycles. The second kappa shape index (κ2) is 14.5. The van der Waals surface area contributed by atoms with Crippen molar-refractivity contribution in [1.82, 2.24) is 15.0 Å². The fourth-order valence-electron chi connectivity index (χ4n) is 8.38. The highest BCUT2D eigenvalue weighted by molar-refractivity contribution is 14.1. The van der Waals surface area contributed by atoms with Gasteiger partial charge in [-0.2, -0.15) is 0 Å². The van der Waals surface area contributed by atoms with Crippen LogP contribution in [0, 0.1) is 9.49 Å². The van der Waals surface area contributed by atoms with E-state index in [1.165, 1.54) is 5.19 Å². The van der Waals surface area contributed by atoms with Crippen LogP contribution in [0.5, 0.6) is 5.75 Å². The van der Waals surface area contributed by atoms with Crippen LogP contribution in [0.25, 0.3) is 0 Å². The lowest BCUT2D eigenvalue weighted by molar-refractivity contribution is -0.146. The summed E-state index contributed by atoms with van der Waals surface area (Å²) in [6.45, 7) is 7.87. The quantitative estimate of drug-likeness (QED) is 0.110. The van der Waals surface area contributed by atoms with Crippen molar-refractivity contribution in [1.29, 1.82) is 0 Å². The summed E-state index contributed by atoms with van der Waals surface area (Å²) in [4.78, 5) is 16.9. The number of benzene rings is 4. The first kappa shape index (κ1) is 35.8. The molecule has 2 aliphatic rings. The highest BCUT2D eigenvalue weighted by Crippen LogP contribution is 2.60. The number of fused-ring (bicyclic) bond motifs is 2. The van der Waals surface area contributed by atoms with E-state index in [9.17, 15) is 5.11 Å². The second-order valence-electron chi connectivity index (χ2n) is 14.2. The molecule has 0 bridgehead atoms. The molecule has 0 aliphatic carbocycles. The molecule has 1 spiro atoms. The Morgan fingerprint density at radius 1 is 1.04 bits per heavy atom. The number of amides is 1. The minimum absolute atomic E-state index is 0.0467. The minimum Gasteiger partial charge on any atom is -0.497 e. The van der Waals surface area contributed by atoms with E-state index in [2.05, 4.69) is 89.3 Å². The molecule has 1 amide bonds. The Balaban J connectivity index is 1.25. The van der Waals surface area contributed by atoms with Gasteiger partial charge in [-0.05, 0) is 88.1 Å². The van der Waals surface area contributed by atoms with Crippen LogP contribution >= 0.6 is 34.2 Å². The maximum absolute atomic E-state index is 15.0. The third-order valence-electron chi connectivity index (χ3n) is 11.0. The van der Waals surface area contributed by atoms with Crippen molar-refractivity contribution < 1.29 is 19.4 Å². The number of rotatable bonds is 11. The normalized spacial score (nSPS) is 22.1. The van der Waals surface area contributed by atoms with Crippen LogP contribution < -0.4 is 14.8 Å². The number of halogens is 2. The number of hydrogen-bond acceptors (Lipinski definition) is 6. The zero-order valence-corrected chi connectivity index (χ0v) is 33.1. The highest BCUT2D eigenvalue weighted by atomic mass is 127. The number of aromatic nitrogens is 3. The number of aliphatic hydroxyl groups excluding tert-OH is 1. The van der Waals surface area contributed by atoms with Crippen molar-refractivity contribution in [2.24, 2.45) is 5.92 Å². The number of anilines is 1. The molecule has 1 saturated heterocycles. The van der Waals surface area contributed by atoms with Crippen LogP contribution in [0.15, 0.2) is 103 Å². The third-order valence-corrected chi connectivity index (χ3v) is 16.3. The molecular weight excluding hydrogens is 791 g/mol. The molecule has 3 heterocycles. The summed E-state index contributed by atoms with van der Waals surface area (Å²) in [5, 5.41) is 21.1. The Bertz CT molecular complexity index is 2010. The molecule has 264 valence electrons. The second-order valence-corrected chi connectivity index (χ2v) is 20.5. The molecule has 11 heteroatoms. The average molecular weight is 833 g/mol. The summed E-state index contributed by atoms with van der Waals surface area (Å²) in [5.41, 5.74) is 3.30. The number of methoxy groups -OCH3 is 1. The molecule has 2 aliphatic heterocycles. The average Bonchev–Trinajstić information content (AvgIpc) is 3.79. The van der Waals surface area contributed by atoms with Crippen LogP contribution in [0.3, 0.4) is 0 Å². The molecule has 0 radical (unpaired) electrons. The molecule has 1 aromatic heterocycles. The lowest BCUT2D eigenvalue weighted by Gasteiger charge is -2.37. The van der Waals surface area contributed by atoms with E-state index in [4.69, 9.17) is 21.1 Å². The third kappa shape index (κ3) is 6.54. The van der Waals surface area contributed by atoms with Crippen molar-refractivity contribution in [2.75, 3.05) is 18.6 Å². The number of carbonyl (C=O) groups excluding carboxylic acids is 1. The van der Waals surface area contributed by atoms with E-state index in [1.807, 2.05) is 76.4 Å². The van der Waals surface area contributed by atoms with Crippen molar-refractivity contribution in [3.05, 3.63) is 134 Å². The van der Waals surface area contributed by atoms with Gasteiger partial charge in [-0.25, -0.2) is 0 Å². The van der Waals surface area contributed by atoms with Gasteiger partial charge < -0.3 is 19.5 Å². The largest absolute Gasteiger partial charge is 0.497 e. The lowest BCUT2D eigenvalue weighted by atomic mass is 9.82. The molecule has 8 nitrogen and oxygen atoms in total. The Morgan fingerprint density at radius 2 is 1.76 bits per heavy atom. The van der Waals surface area contributed by atoms with Crippen molar-refractivity contribution in [3.8, 4) is 5.75 Å². The summed E-state index contributed by atoms with van der Waals surface area (Å²) in [7, 11) is -0.654. The number of ether oxygens (including phenoxy) is 2. The van der Waals surface area contributed by atoms with E-state index in [0.29, 0.717) is 30.2 Å². The van der Waals surface area contributed by atoms with Crippen LogP contribution in [0.4, 0.5) is 5.69 Å². The van der Waals surface area contributed by atoms with Gasteiger partial charge >= 0.3 is 0 Å². The van der Waals surface area contributed by atoms with Gasteiger partial charge in [-0.3, -0.25) is 9.48 Å². The Hall–Kier alpha value is -3.55. The predicted molar refractivity (Wildman–Crippen MR) is 211 cm³/mol. The number of hydrogen-bond donors (Lipinski definition) is 1. The first-order valence-electron chi connectivity index (χ1n) is 17.3. The molecule has 51 heavy (non-hydrogen) atoms. The first-order chi connectivity index (χ1) is 24.6. The zero-order chi connectivity index (χ0) is 35.9. The molecule has 1 fully saturated rings. The first-order valence-corrected chi connectivity index (χ1v) is 21.8. The Kier molecular flexibility index (Phi) is 10.2. The van der Waals surface area contributed by atoms with E-state index in [0.717, 1.165) is 31.7 Å². The van der Waals surface area contributed by atoms with E-state index in [-0.39, 0.29) is 36.0 Å². The summed E-state index contributed by atoms with van der Waals surface area (Å²) in [6.07, 6.45) is 2.29. The van der Waals surface area contributed by atoms with E-state index >= 15 is 4.79 Å². The van der Waals surface area contributed by atoms with Crippen LogP contribution in [-0.4, -0.2) is 53.9 Å². The maximum atomic E-state index is 15.0. The lowest BCUT2D eigenvalue weighted by Crippen LogP contribution is -2.51. The van der Waals surface area contributed by atoms with Crippen LogP contribution in [-0.2, 0) is 28.2 Å². The van der Waals surface area contributed by atoms with Gasteiger partial charge in [0.15, 0.2) is 5.60 Å². The zero-order valence-electron chi connectivity index (χ0n) is 29.2. The molecule has 1 N–H and O–H groups in total. The fraction of sp³-hybridized carbons (Fsp3) is 0.325. The number of aliphatic hydroxyl groups is 1. The summed E-state index contributed by atoms with van der Waals surface area (Å²) in [5.74, 6) is 0.346. The topological polar surface area (TPSA) is 89.7 Å². The summed E-state index contributed by atoms with van der Waals surface area (Å²) < 4.78 is 15.8. The number of carbonyl (C=O) groups is 1. The van der Waals surface area contributed by atoms with Crippen molar-refractivity contribution in [2.45, 2.75) is 62.7 Å². The van der Waals surface area contributed by atoms with Crippen LogP contribution in [0.1, 0.15) is 41.6 Å². The van der Waals surface area contributed by atoms with Gasteiger partial charge in [-0.1, -0.05) is 96.6 Å². The highest BCUT2D eigenvalue weighted by Gasteiger charge is 2.66. The predicted octanol–water partition coefficient (Wildman–Crippen LogP) is 7.52. The molecule has 7 rings (SSSR count). The molecule has 5 aromatic rings. The van der Waals surface area contributed by atoms with Gasteiger partial charge in [0, 0.05) is 32.8 Å². The standard InChI is InChI=1S/C40H42ClIN4O4Si/c1-26-38(51(3,4)32-17-15-31(49-2)16-18-32)37(20-21-45-24-35(43-44-45)33(25-47)28-8-6-5-7-9-28)50-40(26)34-22-29(41)12-19-36(34)46(39(40)48)23-27-10-13-30(42)14-11-27/h5-19,22,24,26,33,37-38,47H,20-21,23,25H2,1-4H3/t26-,33?,37+,38-,40+/m1/s1. The van der Waals surface area contributed by atoms with Gasteiger partial charge in [0.2, 0.25) is 0 Å². The van der Waals surface area contributed by atoms with Crippen molar-refractivity contribution >= 4 is 59.0 Å². The molecular formula is C40H42ClIN4O4Si. The minimum atomic E-state index is -2.33. The molecule has 0 saturated carbocycles. The monoisotopic (exact) mass is 832 g/mol. The van der Waals surface area contributed by atoms with Crippen molar-refractivity contribution in [3.63, 3.8) is 0 Å². The number of aryl methyl sites for hydroxylation is 1. The van der Waals surface area contributed by atoms with Gasteiger partial charge in [-0.15, -0.1) is 5.10 Å². The molecule has 5 atom stereocenters. The SMILES string of the molecule is COc1ccc([Si](C)(C)[C@H]2[C@H](CCn3cc(C(CO)c4ccccc4)nn3)O[C@@]3(C(=O)N(Cc4ccc(I)cc4)c4ccc(Cl)cc43)[C@@H]2C)cc1. The number of nitrogens with zero attached hydrogens (tertiary/aromatic N) is 4. The Morgan fingerprint density at radius 3 is 2.45 bits per heavy atom. The Labute approximate surface area is 318 Å². The van der Waals surface area contributed by atoms with E-state index < -0.39 is 13.7 Å². The van der Waals surface area contributed by atoms with Gasteiger partial charge in [0.25, 0.3) is 5.91 Å². The summed E-state index contributed by atoms with van der Waals surface area (Å²) in [6, 6.07) is 32.3.